The molecule has 1 heterocycles. The summed E-state index contributed by atoms with van der Waals surface area (Å²) >= 11 is 12.5. The Bertz CT molecular complexity index is 1330. The molecule has 160 valence electrons. The molecule has 0 saturated carbocycles. The van der Waals surface area contributed by atoms with E-state index in [1.807, 2.05) is 62.4 Å². The van der Waals surface area contributed by atoms with Gasteiger partial charge in [-0.05, 0) is 65.9 Å². The number of Topliss-reactive ketones (excluding diaryl/α,β-unsaturated/α-hetero) is 1. The summed E-state index contributed by atoms with van der Waals surface area (Å²) in [6.45, 7) is 4.06. The lowest BCUT2D eigenvalue weighted by atomic mass is 9.61. The van der Waals surface area contributed by atoms with Gasteiger partial charge in [-0.2, -0.15) is 0 Å². The normalized spacial score (nSPS) is 22.0. The summed E-state index contributed by atoms with van der Waals surface area (Å²) in [7, 11) is 0. The topological polar surface area (TPSA) is 46.2 Å². The van der Waals surface area contributed by atoms with Crippen LogP contribution in [0.2, 0.25) is 10.0 Å². The van der Waals surface area contributed by atoms with Gasteiger partial charge in [-0.1, -0.05) is 65.7 Å². The van der Waals surface area contributed by atoms with Crippen molar-refractivity contribution in [3.05, 3.63) is 105 Å². The number of rotatable bonds is 2. The van der Waals surface area contributed by atoms with Crippen molar-refractivity contribution in [2.75, 3.05) is 5.32 Å². The molecule has 0 fully saturated rings. The van der Waals surface area contributed by atoms with Gasteiger partial charge in [-0.3, -0.25) is 9.59 Å². The fourth-order valence-electron chi connectivity index (χ4n) is 4.94. The summed E-state index contributed by atoms with van der Waals surface area (Å²) in [5.41, 5.74) is 4.99. The Morgan fingerprint density at radius 3 is 2.44 bits per heavy atom. The van der Waals surface area contributed by atoms with Crippen LogP contribution in [0, 0.1) is 13.8 Å². The molecule has 0 bridgehead atoms. The number of carbonyl (C=O) groups is 2. The summed E-state index contributed by atoms with van der Waals surface area (Å²) in [6.07, 6.45) is 2.07. The van der Waals surface area contributed by atoms with Gasteiger partial charge in [0.15, 0.2) is 5.78 Å². The predicted molar refractivity (Wildman–Crippen MR) is 129 cm³/mol. The standard InChI is InChI=1S/C27H21Cl2NO2/c1-15-6-7-17(10-16(15)2)21-14-27(22-9-8-20(29)12-24(22)30-26(27)32)23(13-25(21)31)18-4-3-5-19(28)11-18/h3-12,14,23H,13H2,1-2H3,(H,30,32)/t23-,27-/m0/s1. The smallest absolute Gasteiger partial charge is 0.239 e. The quantitative estimate of drug-likeness (QED) is 0.464. The van der Waals surface area contributed by atoms with Gasteiger partial charge in [0.2, 0.25) is 5.91 Å². The number of nitrogens with one attached hydrogen (secondary N) is 1. The van der Waals surface area contributed by atoms with Gasteiger partial charge in [0.1, 0.15) is 5.41 Å². The number of halogens is 2. The summed E-state index contributed by atoms with van der Waals surface area (Å²) in [6, 6.07) is 18.8. The molecule has 3 aromatic carbocycles. The first-order valence-electron chi connectivity index (χ1n) is 10.5. The van der Waals surface area contributed by atoms with E-state index in [1.54, 1.807) is 18.2 Å². The second kappa shape index (κ2) is 7.61. The van der Waals surface area contributed by atoms with E-state index in [4.69, 9.17) is 23.2 Å². The van der Waals surface area contributed by atoms with Crippen LogP contribution in [0.25, 0.3) is 5.57 Å². The van der Waals surface area contributed by atoms with Crippen LogP contribution in [-0.2, 0) is 15.0 Å². The number of benzene rings is 3. The number of hydrogen-bond acceptors (Lipinski definition) is 2. The van der Waals surface area contributed by atoms with Crippen molar-refractivity contribution < 1.29 is 9.59 Å². The molecule has 32 heavy (non-hydrogen) atoms. The number of anilines is 1. The number of ketones is 1. The molecule has 3 nitrogen and oxygen atoms in total. The monoisotopic (exact) mass is 461 g/mol. The van der Waals surface area contributed by atoms with E-state index < -0.39 is 5.41 Å². The molecule has 1 aliphatic carbocycles. The lowest BCUT2D eigenvalue weighted by Crippen LogP contribution is -2.43. The third-order valence-corrected chi connectivity index (χ3v) is 7.20. The van der Waals surface area contributed by atoms with Crippen molar-refractivity contribution in [3.63, 3.8) is 0 Å². The molecule has 1 aliphatic heterocycles. The van der Waals surface area contributed by atoms with Crippen molar-refractivity contribution in [2.24, 2.45) is 0 Å². The molecule has 1 N–H and O–H groups in total. The highest BCUT2D eigenvalue weighted by atomic mass is 35.5. The number of aryl methyl sites for hydroxylation is 2. The lowest BCUT2D eigenvalue weighted by molar-refractivity contribution is -0.121. The molecular formula is C27H21Cl2NO2. The van der Waals surface area contributed by atoms with Crippen LogP contribution in [0.15, 0.2) is 66.7 Å². The molecule has 0 radical (unpaired) electrons. The first-order chi connectivity index (χ1) is 15.3. The molecule has 0 unspecified atom stereocenters. The van der Waals surface area contributed by atoms with Gasteiger partial charge in [-0.25, -0.2) is 0 Å². The Kier molecular flexibility index (Phi) is 4.99. The summed E-state index contributed by atoms with van der Waals surface area (Å²) in [4.78, 5) is 27.1. The molecule has 1 amide bonds. The lowest BCUT2D eigenvalue weighted by Gasteiger charge is -2.38. The molecule has 3 aromatic rings. The largest absolute Gasteiger partial charge is 0.325 e. The van der Waals surface area contributed by atoms with Gasteiger partial charge in [0.05, 0.1) is 0 Å². The van der Waals surface area contributed by atoms with Crippen molar-refractivity contribution in [1.82, 2.24) is 0 Å². The fourth-order valence-corrected chi connectivity index (χ4v) is 5.31. The zero-order chi connectivity index (χ0) is 22.6. The highest BCUT2D eigenvalue weighted by molar-refractivity contribution is 6.31. The SMILES string of the molecule is Cc1ccc(C2=C[C@@]3(C(=O)Nc4cc(Cl)ccc43)[C@H](c3cccc(Cl)c3)CC2=O)cc1C. The number of hydrogen-bond donors (Lipinski definition) is 1. The molecule has 5 heteroatoms. The zero-order valence-corrected chi connectivity index (χ0v) is 19.2. The van der Waals surface area contributed by atoms with E-state index in [1.165, 1.54) is 0 Å². The maximum Gasteiger partial charge on any atom is 0.239 e. The Balaban J connectivity index is 1.79. The Labute approximate surface area is 197 Å². The molecule has 1 spiro atoms. The third kappa shape index (κ3) is 3.19. The van der Waals surface area contributed by atoms with Crippen LogP contribution in [0.4, 0.5) is 5.69 Å². The molecule has 0 aromatic heterocycles. The summed E-state index contributed by atoms with van der Waals surface area (Å²) < 4.78 is 0. The highest BCUT2D eigenvalue weighted by Crippen LogP contribution is 2.54. The van der Waals surface area contributed by atoms with Gasteiger partial charge in [-0.15, -0.1) is 0 Å². The first kappa shape index (κ1) is 21.0. The first-order valence-corrected chi connectivity index (χ1v) is 11.3. The van der Waals surface area contributed by atoms with Gasteiger partial charge >= 0.3 is 0 Å². The fraction of sp³-hybridized carbons (Fsp3) is 0.185. The van der Waals surface area contributed by atoms with Crippen LogP contribution in [-0.4, -0.2) is 11.7 Å². The Morgan fingerprint density at radius 2 is 1.69 bits per heavy atom. The maximum absolute atomic E-state index is 13.6. The molecule has 0 saturated heterocycles. The third-order valence-electron chi connectivity index (χ3n) is 6.73. The molecular weight excluding hydrogens is 441 g/mol. The van der Waals surface area contributed by atoms with E-state index in [-0.39, 0.29) is 24.0 Å². The highest BCUT2D eigenvalue weighted by Gasteiger charge is 2.54. The van der Waals surface area contributed by atoms with Gasteiger partial charge < -0.3 is 5.32 Å². The van der Waals surface area contributed by atoms with Crippen LogP contribution < -0.4 is 5.32 Å². The predicted octanol–water partition coefficient (Wildman–Crippen LogP) is 6.64. The average Bonchev–Trinajstić information content (AvgIpc) is 3.02. The van der Waals surface area contributed by atoms with E-state index in [0.29, 0.717) is 21.3 Å². The van der Waals surface area contributed by atoms with E-state index in [9.17, 15) is 9.59 Å². The van der Waals surface area contributed by atoms with Crippen molar-refractivity contribution >= 4 is 46.2 Å². The van der Waals surface area contributed by atoms with Gasteiger partial charge in [0.25, 0.3) is 0 Å². The number of allylic oxidation sites excluding steroid dienone is 1. The maximum atomic E-state index is 13.6. The minimum atomic E-state index is -1.04. The molecule has 2 atom stereocenters. The zero-order valence-electron chi connectivity index (χ0n) is 17.7. The Hall–Kier alpha value is -2.88. The minimum absolute atomic E-state index is 0.0130. The van der Waals surface area contributed by atoms with Crippen LogP contribution >= 0.6 is 23.2 Å². The van der Waals surface area contributed by atoms with E-state index in [2.05, 4.69) is 5.32 Å². The van der Waals surface area contributed by atoms with E-state index >= 15 is 0 Å². The molecule has 5 rings (SSSR count). The molecule has 2 aliphatic rings. The van der Waals surface area contributed by atoms with E-state index in [0.717, 1.165) is 27.8 Å². The second-order valence-corrected chi connectivity index (χ2v) is 9.48. The van der Waals surface area contributed by atoms with Crippen molar-refractivity contribution in [1.29, 1.82) is 0 Å². The minimum Gasteiger partial charge on any atom is -0.325 e. The second-order valence-electron chi connectivity index (χ2n) is 8.60. The van der Waals surface area contributed by atoms with Crippen LogP contribution in [0.3, 0.4) is 0 Å². The number of carbonyl (C=O) groups excluding carboxylic acids is 2. The van der Waals surface area contributed by atoms with Crippen LogP contribution in [0.5, 0.6) is 0 Å². The number of amides is 1. The summed E-state index contributed by atoms with van der Waals surface area (Å²) in [5.74, 6) is -0.529. The van der Waals surface area contributed by atoms with Crippen molar-refractivity contribution in [2.45, 2.75) is 31.6 Å². The van der Waals surface area contributed by atoms with Gasteiger partial charge in [0, 0.05) is 33.6 Å². The average molecular weight is 462 g/mol. The summed E-state index contributed by atoms with van der Waals surface area (Å²) in [5, 5.41) is 4.13. The number of fused-ring (bicyclic) bond motifs is 2. The van der Waals surface area contributed by atoms with Crippen LogP contribution in [0.1, 0.15) is 40.2 Å². The Morgan fingerprint density at radius 1 is 0.906 bits per heavy atom. The van der Waals surface area contributed by atoms with Crippen molar-refractivity contribution in [3.8, 4) is 0 Å².